The average molecular weight is 1010 g/mol. The van der Waals surface area contributed by atoms with Gasteiger partial charge in [0.15, 0.2) is 18.2 Å². The van der Waals surface area contributed by atoms with Crippen LogP contribution in [0.4, 0.5) is 4.79 Å². The molecule has 71 heavy (non-hydrogen) atoms. The van der Waals surface area contributed by atoms with Crippen LogP contribution in [0.25, 0.3) is 0 Å². The molecule has 2 fully saturated rings. The Balaban J connectivity index is 2.00. The van der Waals surface area contributed by atoms with Gasteiger partial charge in [0.25, 0.3) is 0 Å². The number of nitrogens with two attached hydrogens (primary N) is 1. The number of hydrogen-bond acceptors (Lipinski definition) is 16. The van der Waals surface area contributed by atoms with Crippen molar-refractivity contribution in [2.45, 2.75) is 214 Å². The Morgan fingerprint density at radius 1 is 0.944 bits per heavy atom. The molecule has 6 N–H and O–H groups in total. The van der Waals surface area contributed by atoms with Crippen LogP contribution in [0.15, 0.2) is 59.4 Å². The minimum Gasteiger partial charge on any atom is -0.490 e. The van der Waals surface area contributed by atoms with E-state index >= 15 is 0 Å². The Morgan fingerprint density at radius 2 is 1.58 bits per heavy atom. The summed E-state index contributed by atoms with van der Waals surface area (Å²) in [6.07, 6.45) is 3.18. The average Bonchev–Trinajstić information content (AvgIpc) is 3.31. The number of primary amides is 1. The van der Waals surface area contributed by atoms with E-state index in [9.17, 15) is 39.6 Å². The summed E-state index contributed by atoms with van der Waals surface area (Å²) in [6.45, 7) is 21.8. The number of amides is 1. The number of methoxy groups -OCH3 is 1. The molecule has 0 spiro atoms. The number of unbranched alkanes of at least 4 members (excludes halogenated alkanes) is 2. The fraction of sp³-hybridized carbons (Fsp3) is 0.741. The van der Waals surface area contributed by atoms with Crippen molar-refractivity contribution in [2.24, 2.45) is 41.2 Å². The summed E-state index contributed by atoms with van der Waals surface area (Å²) in [5, 5.41) is 48.2. The Bertz CT molecular complexity index is 1880. The molecule has 3 heterocycles. The van der Waals surface area contributed by atoms with Crippen LogP contribution in [0.2, 0.25) is 0 Å². The summed E-state index contributed by atoms with van der Waals surface area (Å²) in [5.74, 6) is -7.59. The fourth-order valence-corrected chi connectivity index (χ4v) is 9.83. The first kappa shape index (κ1) is 61.2. The Labute approximate surface area is 422 Å². The van der Waals surface area contributed by atoms with Crippen LogP contribution in [0.1, 0.15) is 141 Å². The number of cyclic esters (lactones) is 1. The largest absolute Gasteiger partial charge is 0.490 e. The van der Waals surface area contributed by atoms with Gasteiger partial charge in [-0.05, 0) is 59.0 Å². The number of allylic oxidation sites excluding steroid dienone is 6. The molecule has 0 unspecified atom stereocenters. The molecule has 0 aromatic rings. The van der Waals surface area contributed by atoms with E-state index in [1.54, 1.807) is 65.0 Å². The highest BCUT2D eigenvalue weighted by molar-refractivity contribution is 5.87. The van der Waals surface area contributed by atoms with Gasteiger partial charge in [0.05, 0.1) is 37.6 Å². The lowest BCUT2D eigenvalue weighted by molar-refractivity contribution is -0.339. The molecular weight excluding hydrogens is 919 g/mol. The predicted octanol–water partition coefficient (Wildman–Crippen LogP) is 7.42. The molecule has 3 rings (SSSR count). The van der Waals surface area contributed by atoms with E-state index in [2.05, 4.69) is 0 Å². The van der Waals surface area contributed by atoms with E-state index in [1.807, 2.05) is 48.5 Å². The maximum atomic E-state index is 14.0. The maximum absolute atomic E-state index is 14.0. The van der Waals surface area contributed by atoms with E-state index < -0.39 is 115 Å². The zero-order chi connectivity index (χ0) is 53.3. The van der Waals surface area contributed by atoms with Crippen molar-refractivity contribution in [1.29, 1.82) is 0 Å². The number of hydrogen-bond donors (Lipinski definition) is 5. The minimum absolute atomic E-state index is 0.0131. The molecule has 3 aliphatic heterocycles. The first-order valence-electron chi connectivity index (χ1n) is 25.6. The lowest BCUT2D eigenvalue weighted by Crippen LogP contribution is -2.59. The Kier molecular flexibility index (Phi) is 25.0. The highest BCUT2D eigenvalue weighted by atomic mass is 16.7. The second-order valence-electron chi connectivity index (χ2n) is 20.2. The summed E-state index contributed by atoms with van der Waals surface area (Å²) in [4.78, 5) is 51.6. The van der Waals surface area contributed by atoms with E-state index in [4.69, 9.17) is 43.6 Å². The number of ether oxygens (including phenoxy) is 8. The summed E-state index contributed by atoms with van der Waals surface area (Å²) in [7, 11) is 1.30. The van der Waals surface area contributed by atoms with Crippen molar-refractivity contribution >= 4 is 24.0 Å². The molecule has 0 aromatic heterocycles. The van der Waals surface area contributed by atoms with Crippen molar-refractivity contribution in [1.82, 2.24) is 0 Å². The fourth-order valence-electron chi connectivity index (χ4n) is 9.83. The van der Waals surface area contributed by atoms with Crippen molar-refractivity contribution in [3.05, 3.63) is 59.4 Å². The molecule has 3 aliphatic rings. The van der Waals surface area contributed by atoms with Gasteiger partial charge in [-0.25, -0.2) is 9.59 Å². The van der Waals surface area contributed by atoms with Crippen LogP contribution in [-0.2, 0) is 52.3 Å². The van der Waals surface area contributed by atoms with Crippen LogP contribution in [-0.4, -0.2) is 125 Å². The number of rotatable bonds is 17. The van der Waals surface area contributed by atoms with Gasteiger partial charge in [0.1, 0.15) is 24.4 Å². The number of aliphatic hydroxyl groups excluding tert-OH is 3. The monoisotopic (exact) mass is 1010 g/mol. The Hall–Kier alpha value is -4.10. The summed E-state index contributed by atoms with van der Waals surface area (Å²) in [6, 6.07) is 0. The molecule has 404 valence electrons. The van der Waals surface area contributed by atoms with Crippen LogP contribution in [0.3, 0.4) is 0 Å². The number of esters is 3. The normalized spacial score (nSPS) is 37.7. The zero-order valence-electron chi connectivity index (χ0n) is 44.5. The molecule has 17 heteroatoms. The van der Waals surface area contributed by atoms with Crippen LogP contribution in [0, 0.1) is 35.5 Å². The number of aliphatic hydroxyl groups is 4. The molecule has 1 amide bonds. The van der Waals surface area contributed by atoms with Gasteiger partial charge in [0.2, 0.25) is 5.76 Å². The molecular formula is C54H87NO16. The van der Waals surface area contributed by atoms with E-state index in [0.29, 0.717) is 24.8 Å². The molecule has 0 radical (unpaired) electrons. The highest BCUT2D eigenvalue weighted by Gasteiger charge is 2.53. The molecule has 0 saturated carbocycles. The van der Waals surface area contributed by atoms with E-state index in [0.717, 1.165) is 18.4 Å². The van der Waals surface area contributed by atoms with Gasteiger partial charge in [-0.15, -0.1) is 0 Å². The number of carbonyl (C=O) groups is 4. The third-order valence-corrected chi connectivity index (χ3v) is 14.2. The summed E-state index contributed by atoms with van der Waals surface area (Å²) < 4.78 is 47.8. The van der Waals surface area contributed by atoms with Gasteiger partial charge in [-0.2, -0.15) is 0 Å². The second kappa shape index (κ2) is 29.0. The molecule has 18 atom stereocenters. The van der Waals surface area contributed by atoms with Crippen molar-refractivity contribution in [2.75, 3.05) is 7.11 Å². The van der Waals surface area contributed by atoms with Gasteiger partial charge in [-0.3, -0.25) is 9.59 Å². The molecule has 0 bridgehead atoms. The smallest absolute Gasteiger partial charge is 0.404 e. The summed E-state index contributed by atoms with van der Waals surface area (Å²) >= 11 is 0. The molecule has 17 nitrogen and oxygen atoms in total. The quantitative estimate of drug-likeness (QED) is 0.0540. The maximum Gasteiger partial charge on any atom is 0.404 e. The third-order valence-electron chi connectivity index (χ3n) is 14.2. The van der Waals surface area contributed by atoms with Gasteiger partial charge in [0, 0.05) is 55.3 Å². The molecule has 0 aromatic carbocycles. The van der Waals surface area contributed by atoms with Gasteiger partial charge >= 0.3 is 24.0 Å². The van der Waals surface area contributed by atoms with Crippen molar-refractivity contribution in [3.63, 3.8) is 0 Å². The molecule has 0 aliphatic carbocycles. The lowest BCUT2D eigenvalue weighted by Gasteiger charge is -2.50. The van der Waals surface area contributed by atoms with Gasteiger partial charge < -0.3 is 64.1 Å². The SMILES string of the molecule is C/C=C/[C@H]1O[C@@](O)([C@@H](C)[C@H](O)[C@H](C)[C@H]2OC(=O)/C(OC)=C/C(C)=C/[C@@H](C)[C@@H](O)[C@@H](C)[C@@H](OC(=O)CCCC)[C@H](C)C/C(C)=C/C=C/[C@@H]2O)C[C@@H](O[C@@H]2C[C@H](OC(=O)CCCC)[C@@H](OC(N)=O)[C@H](C)O2)[C@@H]1C. The summed E-state index contributed by atoms with van der Waals surface area (Å²) in [5.41, 5.74) is 6.82. The minimum atomic E-state index is -2.06. The van der Waals surface area contributed by atoms with Gasteiger partial charge in [-0.1, -0.05) is 116 Å². The van der Waals surface area contributed by atoms with Crippen LogP contribution >= 0.6 is 0 Å². The zero-order valence-corrected chi connectivity index (χ0v) is 44.5. The Morgan fingerprint density at radius 3 is 2.17 bits per heavy atom. The third kappa shape index (κ3) is 17.8. The van der Waals surface area contributed by atoms with Crippen molar-refractivity contribution in [3.8, 4) is 0 Å². The van der Waals surface area contributed by atoms with Crippen LogP contribution in [0.5, 0.6) is 0 Å². The first-order valence-corrected chi connectivity index (χ1v) is 25.6. The van der Waals surface area contributed by atoms with Crippen LogP contribution < -0.4 is 5.73 Å². The number of carbonyl (C=O) groups excluding carboxylic acids is 4. The lowest BCUT2D eigenvalue weighted by atomic mass is 9.77. The highest BCUT2D eigenvalue weighted by Crippen LogP contribution is 2.42. The topological polar surface area (TPSA) is 249 Å². The molecule has 2 saturated heterocycles. The predicted molar refractivity (Wildman–Crippen MR) is 266 cm³/mol. The van der Waals surface area contributed by atoms with Crippen molar-refractivity contribution < 1.29 is 77.5 Å². The van der Waals surface area contributed by atoms with E-state index in [1.165, 1.54) is 19.3 Å². The second-order valence-corrected chi connectivity index (χ2v) is 20.2. The first-order chi connectivity index (χ1) is 33.4. The van der Waals surface area contributed by atoms with E-state index in [-0.39, 0.29) is 49.2 Å². The standard InChI is InChI=1S/C54H87NO16/c1-14-17-23-44(57)66-41-28-46(65-38(12)51(41)70-53(55)62)67-43-29-54(63,71-40(20-16-3)34(43)8)37(11)48(60)36(10)50-39(56)22-19-21-30(4)25-33(7)49(68-45(58)24-18-15-2)35(9)47(59)32(6)26-31(5)27-42(64-13)52(61)69-50/h16,19-22,26-27,32-41,43,46-51,56,59-60,63H,14-15,17-18,23-25,28-29H2,1-13H3,(H2,55,62)/b20-16+,22-19+,30-21+,31-26+,42-27-/t32-,33-,34-,35-,36+,37+,38+,39+,40-,41+,43-,46-,47-,48-,49+,50-,51+,54-/m1/s1.